The predicted molar refractivity (Wildman–Crippen MR) is 139 cm³/mol. The molecule has 0 aromatic heterocycles. The van der Waals surface area contributed by atoms with E-state index in [1.807, 2.05) is 0 Å². The molecule has 0 atom stereocenters. The highest BCUT2D eigenvalue weighted by molar-refractivity contribution is 7.91. The minimum atomic E-state index is -4.77. The van der Waals surface area contributed by atoms with E-state index in [1.54, 1.807) is 25.1 Å². The molecule has 0 aliphatic carbocycles. The molecule has 0 aliphatic heterocycles. The van der Waals surface area contributed by atoms with Crippen molar-refractivity contribution in [3.8, 4) is 0 Å². The molecule has 0 spiro atoms. The molecule has 0 fully saturated rings. The number of hydrogen-bond donors (Lipinski definition) is 3. The van der Waals surface area contributed by atoms with Gasteiger partial charge in [-0.05, 0) is 55.0 Å². The SMILES string of the molecule is Cc1cc(N(CCOS(=O)(=O)O)CCOS(=O)(=O)O)ccc1N=Nc1ccc(S(=O)(=O)CCOS(=O)(=O)O)cc1. The second-order valence-electron chi connectivity index (χ2n) is 7.72. The Balaban J connectivity index is 2.13. The third-order valence-electron chi connectivity index (χ3n) is 4.79. The van der Waals surface area contributed by atoms with Gasteiger partial charge in [-0.15, -0.1) is 0 Å². The van der Waals surface area contributed by atoms with Crippen LogP contribution in [0.2, 0.25) is 0 Å². The van der Waals surface area contributed by atoms with Crippen LogP contribution in [-0.2, 0) is 53.6 Å². The lowest BCUT2D eigenvalue weighted by molar-refractivity contribution is 0.261. The molecule has 17 nitrogen and oxygen atoms in total. The van der Waals surface area contributed by atoms with Crippen LogP contribution in [0.4, 0.5) is 17.1 Å². The van der Waals surface area contributed by atoms with Crippen molar-refractivity contribution in [1.29, 1.82) is 0 Å². The Kier molecular flexibility index (Phi) is 11.6. The Morgan fingerprint density at radius 3 is 1.68 bits per heavy atom. The van der Waals surface area contributed by atoms with Crippen LogP contribution in [-0.4, -0.2) is 86.0 Å². The molecule has 0 saturated carbocycles. The van der Waals surface area contributed by atoms with Crippen molar-refractivity contribution in [1.82, 2.24) is 0 Å². The Bertz CT molecular complexity index is 1590. The van der Waals surface area contributed by atoms with Gasteiger partial charge in [0.05, 0.1) is 41.8 Å². The second kappa shape index (κ2) is 13.8. The lowest BCUT2D eigenvalue weighted by atomic mass is 10.1. The van der Waals surface area contributed by atoms with Crippen LogP contribution in [0.1, 0.15) is 5.56 Å². The highest BCUT2D eigenvalue weighted by Gasteiger charge is 2.17. The minimum Gasteiger partial charge on any atom is -0.367 e. The van der Waals surface area contributed by atoms with Crippen molar-refractivity contribution in [2.24, 2.45) is 10.2 Å². The lowest BCUT2D eigenvalue weighted by Crippen LogP contribution is -2.32. The van der Waals surface area contributed by atoms with Crippen molar-refractivity contribution in [2.75, 3.05) is 43.6 Å². The molecule has 0 unspecified atom stereocenters. The zero-order chi connectivity index (χ0) is 30.2. The summed E-state index contributed by atoms with van der Waals surface area (Å²) in [5.41, 5.74) is 1.71. The average molecular weight is 648 g/mol. The number of rotatable bonds is 16. The van der Waals surface area contributed by atoms with Crippen LogP contribution >= 0.6 is 0 Å². The van der Waals surface area contributed by atoms with Crippen molar-refractivity contribution in [3.05, 3.63) is 48.0 Å². The summed E-state index contributed by atoms with van der Waals surface area (Å²) in [7, 11) is -18.1. The smallest absolute Gasteiger partial charge is 0.367 e. The van der Waals surface area contributed by atoms with E-state index in [0.717, 1.165) is 0 Å². The Morgan fingerprint density at radius 2 is 1.20 bits per heavy atom. The van der Waals surface area contributed by atoms with Gasteiger partial charge in [-0.2, -0.15) is 35.5 Å². The Hall–Kier alpha value is -2.60. The molecule has 224 valence electrons. The highest BCUT2D eigenvalue weighted by atomic mass is 32.3. The first-order valence-electron chi connectivity index (χ1n) is 10.8. The van der Waals surface area contributed by atoms with E-state index < -0.39 is 66.6 Å². The van der Waals surface area contributed by atoms with Gasteiger partial charge in [0.1, 0.15) is 0 Å². The van der Waals surface area contributed by atoms with Gasteiger partial charge in [-0.1, -0.05) is 0 Å². The molecule has 2 rings (SSSR count). The van der Waals surface area contributed by atoms with Gasteiger partial charge >= 0.3 is 31.2 Å². The zero-order valence-corrected chi connectivity index (χ0v) is 23.9. The zero-order valence-electron chi connectivity index (χ0n) is 20.6. The quantitative estimate of drug-likeness (QED) is 0.172. The van der Waals surface area contributed by atoms with Crippen LogP contribution in [0.3, 0.4) is 0 Å². The van der Waals surface area contributed by atoms with Gasteiger partial charge < -0.3 is 4.90 Å². The van der Waals surface area contributed by atoms with Crippen molar-refractivity contribution in [3.63, 3.8) is 0 Å². The number of hydrogen-bond acceptors (Lipinski definition) is 14. The topological polar surface area (TPSA) is 253 Å². The van der Waals surface area contributed by atoms with E-state index in [2.05, 4.69) is 22.8 Å². The summed E-state index contributed by atoms with van der Waals surface area (Å²) in [5, 5.41) is 8.14. The summed E-state index contributed by atoms with van der Waals surface area (Å²) >= 11 is 0. The Labute approximate surface area is 231 Å². The van der Waals surface area contributed by atoms with Crippen LogP contribution in [0.5, 0.6) is 0 Å². The van der Waals surface area contributed by atoms with Gasteiger partial charge in [0, 0.05) is 18.8 Å². The fourth-order valence-electron chi connectivity index (χ4n) is 3.02. The second-order valence-corrected chi connectivity index (χ2v) is 13.1. The van der Waals surface area contributed by atoms with Crippen molar-refractivity contribution in [2.45, 2.75) is 11.8 Å². The molecule has 0 radical (unpaired) electrons. The van der Waals surface area contributed by atoms with E-state index in [9.17, 15) is 33.7 Å². The third kappa shape index (κ3) is 12.7. The number of sulfone groups is 1. The molecular weight excluding hydrogens is 622 g/mol. The monoisotopic (exact) mass is 647 g/mol. The molecule has 0 heterocycles. The summed E-state index contributed by atoms with van der Waals surface area (Å²) in [6.07, 6.45) is 0. The molecule has 0 amide bonds. The summed E-state index contributed by atoms with van der Waals surface area (Å²) in [5.74, 6) is -0.694. The molecule has 0 saturated heterocycles. The minimum absolute atomic E-state index is 0.119. The fraction of sp³-hybridized carbons (Fsp3) is 0.368. The molecule has 0 aliphatic rings. The maximum atomic E-state index is 12.3. The normalized spacial score (nSPS) is 13.1. The molecule has 2 aromatic rings. The van der Waals surface area contributed by atoms with E-state index >= 15 is 0 Å². The molecule has 21 heteroatoms. The maximum absolute atomic E-state index is 12.3. The van der Waals surface area contributed by atoms with E-state index in [4.69, 9.17) is 13.7 Å². The van der Waals surface area contributed by atoms with Gasteiger partial charge in [0.25, 0.3) is 0 Å². The average Bonchev–Trinajstić information content (AvgIpc) is 2.80. The predicted octanol–water partition coefficient (Wildman–Crippen LogP) is 1.45. The summed E-state index contributed by atoms with van der Waals surface area (Å²) < 4.78 is 128. The molecule has 40 heavy (non-hydrogen) atoms. The first kappa shape index (κ1) is 33.6. The summed E-state index contributed by atoms with van der Waals surface area (Å²) in [4.78, 5) is 1.33. The van der Waals surface area contributed by atoms with Crippen LogP contribution in [0, 0.1) is 6.92 Å². The van der Waals surface area contributed by atoms with Gasteiger partial charge in [-0.3, -0.25) is 13.7 Å². The fourth-order valence-corrected chi connectivity index (χ4v) is 5.08. The van der Waals surface area contributed by atoms with Gasteiger partial charge in [0.2, 0.25) is 0 Å². The van der Waals surface area contributed by atoms with Crippen molar-refractivity contribution >= 4 is 58.1 Å². The number of benzene rings is 2. The number of azo groups is 1. The number of anilines is 1. The maximum Gasteiger partial charge on any atom is 0.397 e. The molecular formula is C19H25N3O14S4. The lowest BCUT2D eigenvalue weighted by Gasteiger charge is -2.24. The molecule has 2 aromatic carbocycles. The number of nitrogens with zero attached hydrogens (tertiary/aromatic N) is 3. The standard InChI is InChI=1S/C19H25N3O14S4/c1-15-14-17(22(8-10-34-38(25,26)27)9-11-35-39(28,29)30)4-7-19(15)21-20-16-2-5-18(6-3-16)37(23,24)13-12-36-40(31,32)33/h2-7,14H,8-13H2,1H3,(H,25,26,27)(H,28,29,30)(H,31,32,33). The molecule has 0 bridgehead atoms. The van der Waals surface area contributed by atoms with E-state index in [-0.39, 0.29) is 23.7 Å². The third-order valence-corrected chi connectivity index (χ3v) is 7.87. The van der Waals surface area contributed by atoms with Gasteiger partial charge in [-0.25, -0.2) is 21.0 Å². The Morgan fingerprint density at radius 1 is 0.700 bits per heavy atom. The summed E-state index contributed by atoms with van der Waals surface area (Å²) in [6.45, 7) is -0.298. The first-order chi connectivity index (χ1) is 18.3. The van der Waals surface area contributed by atoms with Crippen LogP contribution in [0.15, 0.2) is 57.6 Å². The first-order valence-corrected chi connectivity index (χ1v) is 16.6. The van der Waals surface area contributed by atoms with E-state index in [1.165, 1.54) is 29.2 Å². The van der Waals surface area contributed by atoms with E-state index in [0.29, 0.717) is 16.9 Å². The van der Waals surface area contributed by atoms with Gasteiger partial charge in [0.15, 0.2) is 9.84 Å². The summed E-state index contributed by atoms with van der Waals surface area (Å²) in [6, 6.07) is 9.88. The number of aryl methyl sites for hydroxylation is 1. The van der Waals surface area contributed by atoms with Crippen LogP contribution in [0.25, 0.3) is 0 Å². The van der Waals surface area contributed by atoms with Crippen LogP contribution < -0.4 is 4.90 Å². The highest BCUT2D eigenvalue weighted by Crippen LogP contribution is 2.27. The largest absolute Gasteiger partial charge is 0.397 e. The molecule has 3 N–H and O–H groups in total. The van der Waals surface area contributed by atoms with Crippen molar-refractivity contribution < 1.29 is 59.9 Å².